The largest absolute Gasteiger partial charge is 0.490 e. The summed E-state index contributed by atoms with van der Waals surface area (Å²) in [4.78, 5) is 13.4. The minimum absolute atomic E-state index is 0.717. The molecule has 2 heterocycles. The van der Waals surface area contributed by atoms with Crippen LogP contribution in [0.1, 0.15) is 103 Å². The first-order chi connectivity index (χ1) is 15.2. The van der Waals surface area contributed by atoms with E-state index in [-0.39, 0.29) is 0 Å². The van der Waals surface area contributed by atoms with Crippen molar-refractivity contribution in [2.24, 2.45) is 5.92 Å². The second kappa shape index (κ2) is 15.8. The van der Waals surface area contributed by atoms with Gasteiger partial charge in [0.25, 0.3) is 0 Å². The Bertz CT molecular complexity index is 700. The summed E-state index contributed by atoms with van der Waals surface area (Å²) >= 11 is 0. The predicted octanol–water partition coefficient (Wildman–Crippen LogP) is 7.82. The van der Waals surface area contributed by atoms with Crippen LogP contribution in [0.3, 0.4) is 0 Å². The first-order valence-corrected chi connectivity index (χ1v) is 12.6. The van der Waals surface area contributed by atoms with E-state index in [0.29, 0.717) is 0 Å². The van der Waals surface area contributed by atoms with Crippen LogP contribution in [0.2, 0.25) is 0 Å². The van der Waals surface area contributed by atoms with E-state index in [2.05, 4.69) is 41.8 Å². The number of aryl methyl sites for hydroxylation is 1. The fourth-order valence-corrected chi connectivity index (χ4v) is 3.77. The van der Waals surface area contributed by atoms with Crippen LogP contribution in [-0.2, 0) is 6.42 Å². The van der Waals surface area contributed by atoms with Crippen molar-refractivity contribution in [3.05, 3.63) is 36.4 Å². The van der Waals surface area contributed by atoms with Crippen LogP contribution >= 0.6 is 0 Å². The summed E-state index contributed by atoms with van der Waals surface area (Å²) in [7, 11) is 0. The van der Waals surface area contributed by atoms with Gasteiger partial charge in [-0.3, -0.25) is 4.98 Å². The molecule has 31 heavy (non-hydrogen) atoms. The summed E-state index contributed by atoms with van der Waals surface area (Å²) in [5, 5.41) is 0. The SMILES string of the molecule is CCCCCCCCCOc1cnc(-c2cncc(CCCCCCC(C)C)c2)nc1. The fourth-order valence-electron chi connectivity index (χ4n) is 3.77. The monoisotopic (exact) mass is 425 g/mol. The van der Waals surface area contributed by atoms with Crippen molar-refractivity contribution in [3.8, 4) is 17.1 Å². The van der Waals surface area contributed by atoms with Crippen LogP contribution in [0.25, 0.3) is 11.4 Å². The lowest BCUT2D eigenvalue weighted by molar-refractivity contribution is 0.302. The number of ether oxygens (including phenoxy) is 1. The molecule has 0 saturated heterocycles. The van der Waals surface area contributed by atoms with Crippen molar-refractivity contribution in [1.29, 1.82) is 0 Å². The summed E-state index contributed by atoms with van der Waals surface area (Å²) in [6, 6.07) is 2.18. The Kier molecular flexibility index (Phi) is 12.9. The Morgan fingerprint density at radius 1 is 0.774 bits per heavy atom. The molecule has 0 unspecified atom stereocenters. The molecule has 0 aliphatic carbocycles. The van der Waals surface area contributed by atoms with Crippen molar-refractivity contribution >= 4 is 0 Å². The Morgan fingerprint density at radius 3 is 2.19 bits per heavy atom. The molecule has 0 atom stereocenters. The molecular weight excluding hydrogens is 382 g/mol. The quantitative estimate of drug-likeness (QED) is 0.242. The van der Waals surface area contributed by atoms with Gasteiger partial charge >= 0.3 is 0 Å². The maximum atomic E-state index is 5.81. The molecule has 0 fully saturated rings. The van der Waals surface area contributed by atoms with Gasteiger partial charge in [-0.15, -0.1) is 0 Å². The molecule has 0 spiro atoms. The Hall–Kier alpha value is -1.97. The molecule has 2 aromatic heterocycles. The van der Waals surface area contributed by atoms with E-state index < -0.39 is 0 Å². The Morgan fingerprint density at radius 2 is 1.45 bits per heavy atom. The Labute approximate surface area is 190 Å². The molecule has 2 rings (SSSR count). The second-order valence-corrected chi connectivity index (χ2v) is 9.14. The summed E-state index contributed by atoms with van der Waals surface area (Å²) in [5.74, 6) is 2.28. The van der Waals surface area contributed by atoms with Crippen LogP contribution in [0, 0.1) is 5.92 Å². The average molecular weight is 426 g/mol. The van der Waals surface area contributed by atoms with Gasteiger partial charge in [0.2, 0.25) is 0 Å². The fraction of sp³-hybridized carbons (Fsp3) is 0.667. The van der Waals surface area contributed by atoms with Crippen LogP contribution in [-0.4, -0.2) is 21.6 Å². The third-order valence-corrected chi connectivity index (χ3v) is 5.69. The first kappa shape index (κ1) is 25.3. The number of nitrogens with zero attached hydrogens (tertiary/aromatic N) is 3. The third kappa shape index (κ3) is 11.3. The van der Waals surface area contributed by atoms with Crippen LogP contribution in [0.4, 0.5) is 0 Å². The molecule has 0 aliphatic rings. The molecule has 0 aromatic carbocycles. The Balaban J connectivity index is 1.69. The van der Waals surface area contributed by atoms with Gasteiger partial charge in [0.1, 0.15) is 0 Å². The summed E-state index contributed by atoms with van der Waals surface area (Å²) in [6.07, 6.45) is 24.0. The number of aromatic nitrogens is 3. The van der Waals surface area contributed by atoms with Crippen molar-refractivity contribution in [2.45, 2.75) is 104 Å². The molecule has 0 saturated carbocycles. The second-order valence-electron chi connectivity index (χ2n) is 9.14. The topological polar surface area (TPSA) is 47.9 Å². The van der Waals surface area contributed by atoms with Gasteiger partial charge in [-0.1, -0.05) is 85.0 Å². The molecular formula is C27H43N3O. The van der Waals surface area contributed by atoms with Gasteiger partial charge in [0.15, 0.2) is 11.6 Å². The van der Waals surface area contributed by atoms with E-state index in [1.807, 2.05) is 12.4 Å². The molecule has 4 heteroatoms. The number of hydrogen-bond acceptors (Lipinski definition) is 4. The lowest BCUT2D eigenvalue weighted by atomic mass is 10.0. The minimum Gasteiger partial charge on any atom is -0.490 e. The zero-order valence-corrected chi connectivity index (χ0v) is 20.1. The summed E-state index contributed by atoms with van der Waals surface area (Å²) < 4.78 is 5.81. The first-order valence-electron chi connectivity index (χ1n) is 12.6. The molecule has 0 amide bonds. The molecule has 172 valence electrons. The van der Waals surface area contributed by atoms with Crippen molar-refractivity contribution in [3.63, 3.8) is 0 Å². The lowest BCUT2D eigenvalue weighted by Gasteiger charge is -2.07. The normalized spacial score (nSPS) is 11.2. The van der Waals surface area contributed by atoms with Crippen molar-refractivity contribution < 1.29 is 4.74 Å². The molecule has 0 aliphatic heterocycles. The predicted molar refractivity (Wildman–Crippen MR) is 130 cm³/mol. The van der Waals surface area contributed by atoms with Crippen LogP contribution < -0.4 is 4.74 Å². The highest BCUT2D eigenvalue weighted by Crippen LogP contribution is 2.19. The van der Waals surface area contributed by atoms with Gasteiger partial charge in [-0.2, -0.15) is 0 Å². The molecule has 4 nitrogen and oxygen atoms in total. The van der Waals surface area contributed by atoms with Gasteiger partial charge in [0.05, 0.1) is 19.0 Å². The molecule has 0 N–H and O–H groups in total. The standard InChI is InChI=1S/C27H43N3O/c1-4-5-6-7-8-11-14-17-31-26-21-29-27(30-22-26)25-18-24(19-28-20-25)16-13-10-9-12-15-23(2)3/h18-23H,4-17H2,1-3H3. The molecule has 2 aromatic rings. The van der Waals surface area contributed by atoms with Crippen molar-refractivity contribution in [2.75, 3.05) is 6.61 Å². The zero-order chi connectivity index (χ0) is 22.2. The van der Waals surface area contributed by atoms with E-state index in [1.54, 1.807) is 12.4 Å². The number of unbranched alkanes of at least 4 members (excludes halogenated alkanes) is 9. The van der Waals surface area contributed by atoms with Gasteiger partial charge in [0, 0.05) is 18.0 Å². The summed E-state index contributed by atoms with van der Waals surface area (Å²) in [5.41, 5.74) is 2.25. The van der Waals surface area contributed by atoms with Gasteiger partial charge in [-0.05, 0) is 36.8 Å². The van der Waals surface area contributed by atoms with Crippen LogP contribution in [0.15, 0.2) is 30.9 Å². The number of pyridine rings is 1. The van der Waals surface area contributed by atoms with E-state index in [9.17, 15) is 0 Å². The maximum absolute atomic E-state index is 5.81. The average Bonchev–Trinajstić information content (AvgIpc) is 2.78. The van der Waals surface area contributed by atoms with Gasteiger partial charge in [-0.25, -0.2) is 9.97 Å². The molecule has 0 radical (unpaired) electrons. The smallest absolute Gasteiger partial charge is 0.160 e. The number of rotatable bonds is 17. The zero-order valence-electron chi connectivity index (χ0n) is 20.1. The van der Waals surface area contributed by atoms with E-state index in [4.69, 9.17) is 4.74 Å². The lowest BCUT2D eigenvalue weighted by Crippen LogP contribution is -1.99. The summed E-state index contributed by atoms with van der Waals surface area (Å²) in [6.45, 7) is 7.60. The third-order valence-electron chi connectivity index (χ3n) is 5.69. The highest BCUT2D eigenvalue weighted by atomic mass is 16.5. The van der Waals surface area contributed by atoms with Crippen LogP contribution in [0.5, 0.6) is 5.75 Å². The van der Waals surface area contributed by atoms with E-state index in [0.717, 1.165) is 42.5 Å². The highest BCUT2D eigenvalue weighted by molar-refractivity contribution is 5.54. The van der Waals surface area contributed by atoms with Crippen molar-refractivity contribution in [1.82, 2.24) is 15.0 Å². The van der Waals surface area contributed by atoms with Gasteiger partial charge < -0.3 is 4.74 Å². The maximum Gasteiger partial charge on any atom is 0.160 e. The van der Waals surface area contributed by atoms with E-state index >= 15 is 0 Å². The highest BCUT2D eigenvalue weighted by Gasteiger charge is 2.05. The minimum atomic E-state index is 0.717. The molecule has 0 bridgehead atoms. The number of hydrogen-bond donors (Lipinski definition) is 0. The van der Waals surface area contributed by atoms with E-state index in [1.165, 1.54) is 76.2 Å².